The molecule has 0 unspecified atom stereocenters. The Balaban J connectivity index is 2.74. The Bertz CT molecular complexity index is 366. The van der Waals surface area contributed by atoms with E-state index in [-0.39, 0.29) is 6.61 Å². The summed E-state index contributed by atoms with van der Waals surface area (Å²) in [6.07, 6.45) is 5.48. The summed E-state index contributed by atoms with van der Waals surface area (Å²) in [5.74, 6) is 1.50. The normalized spacial score (nSPS) is 9.14. The fraction of sp³-hybridized carbons (Fsp3) is 0.182. The molecule has 0 saturated carbocycles. The summed E-state index contributed by atoms with van der Waals surface area (Å²) >= 11 is 0. The highest BCUT2D eigenvalue weighted by Gasteiger charge is 1.98. The summed E-state index contributed by atoms with van der Waals surface area (Å²) in [6, 6.07) is 7.21. The third kappa shape index (κ3) is 2.92. The van der Waals surface area contributed by atoms with Gasteiger partial charge < -0.3 is 10.4 Å². The first-order valence-corrected chi connectivity index (χ1v) is 4.23. The fourth-order valence-electron chi connectivity index (χ4n) is 1.10. The van der Waals surface area contributed by atoms with Crippen molar-refractivity contribution in [1.29, 1.82) is 0 Å². The summed E-state index contributed by atoms with van der Waals surface area (Å²) in [4.78, 5) is 10.9. The predicted octanol–water partition coefficient (Wildman–Crippen LogP) is 0.793. The summed E-state index contributed by atoms with van der Waals surface area (Å²) < 4.78 is 0. The molecule has 0 fully saturated rings. The van der Waals surface area contributed by atoms with E-state index in [4.69, 9.17) is 11.5 Å². The maximum Gasteiger partial charge on any atom is 0.300 e. The lowest BCUT2D eigenvalue weighted by molar-refractivity contribution is -0.111. The second kappa shape index (κ2) is 5.05. The first-order valence-electron chi connectivity index (χ1n) is 4.23. The SMILES string of the molecule is C#CC(=O)Nc1cccc(CCO)c1. The van der Waals surface area contributed by atoms with Gasteiger partial charge in [0.1, 0.15) is 0 Å². The van der Waals surface area contributed by atoms with Gasteiger partial charge in [-0.25, -0.2) is 0 Å². The molecule has 0 saturated heterocycles. The lowest BCUT2D eigenvalue weighted by Crippen LogP contribution is -2.08. The lowest BCUT2D eigenvalue weighted by Gasteiger charge is -2.03. The van der Waals surface area contributed by atoms with Crippen molar-refractivity contribution in [1.82, 2.24) is 0 Å². The maximum absolute atomic E-state index is 10.9. The van der Waals surface area contributed by atoms with Crippen LogP contribution in [0, 0.1) is 12.3 Å². The van der Waals surface area contributed by atoms with Crippen molar-refractivity contribution in [2.45, 2.75) is 6.42 Å². The van der Waals surface area contributed by atoms with Gasteiger partial charge in [-0.05, 0) is 30.0 Å². The van der Waals surface area contributed by atoms with Crippen LogP contribution in [0.1, 0.15) is 5.56 Å². The summed E-state index contributed by atoms with van der Waals surface area (Å²) in [6.45, 7) is 0.0898. The van der Waals surface area contributed by atoms with Gasteiger partial charge in [-0.1, -0.05) is 12.1 Å². The Hall–Kier alpha value is -1.79. The highest BCUT2D eigenvalue weighted by Crippen LogP contribution is 2.10. The van der Waals surface area contributed by atoms with Gasteiger partial charge in [0.25, 0.3) is 5.91 Å². The molecular weight excluding hydrogens is 178 g/mol. The minimum absolute atomic E-state index is 0.0898. The van der Waals surface area contributed by atoms with Crippen molar-refractivity contribution in [2.24, 2.45) is 0 Å². The zero-order valence-corrected chi connectivity index (χ0v) is 7.66. The number of hydrogen-bond acceptors (Lipinski definition) is 2. The maximum atomic E-state index is 10.9. The van der Waals surface area contributed by atoms with E-state index in [9.17, 15) is 4.79 Å². The standard InChI is InChI=1S/C11H11NO2/c1-2-11(14)12-10-5-3-4-9(8-10)6-7-13/h1,3-5,8,13H,6-7H2,(H,12,14). The van der Waals surface area contributed by atoms with Gasteiger partial charge >= 0.3 is 0 Å². The number of carbonyl (C=O) groups excluding carboxylic acids is 1. The van der Waals surface area contributed by atoms with Gasteiger partial charge in [0, 0.05) is 12.3 Å². The number of aliphatic hydroxyl groups excluding tert-OH is 1. The molecule has 0 aromatic heterocycles. The van der Waals surface area contributed by atoms with Crippen LogP contribution in [0.4, 0.5) is 5.69 Å². The Morgan fingerprint density at radius 3 is 3.00 bits per heavy atom. The highest BCUT2D eigenvalue weighted by molar-refractivity contribution is 6.03. The van der Waals surface area contributed by atoms with Crippen molar-refractivity contribution in [3.63, 3.8) is 0 Å². The van der Waals surface area contributed by atoms with Crippen molar-refractivity contribution in [3.05, 3.63) is 29.8 Å². The molecule has 0 aliphatic carbocycles. The molecule has 72 valence electrons. The van der Waals surface area contributed by atoms with Crippen LogP contribution in [-0.4, -0.2) is 17.6 Å². The van der Waals surface area contributed by atoms with Crippen LogP contribution in [0.15, 0.2) is 24.3 Å². The van der Waals surface area contributed by atoms with Gasteiger partial charge in [0.05, 0.1) is 0 Å². The summed E-state index contributed by atoms with van der Waals surface area (Å²) in [7, 11) is 0. The third-order valence-corrected chi connectivity index (χ3v) is 1.72. The number of amides is 1. The summed E-state index contributed by atoms with van der Waals surface area (Å²) in [5, 5.41) is 11.3. The summed E-state index contributed by atoms with van der Waals surface area (Å²) in [5.41, 5.74) is 1.61. The Morgan fingerprint density at radius 2 is 2.36 bits per heavy atom. The predicted molar refractivity (Wildman–Crippen MR) is 54.7 cm³/mol. The van der Waals surface area contributed by atoms with E-state index in [0.29, 0.717) is 12.1 Å². The van der Waals surface area contributed by atoms with Crippen LogP contribution < -0.4 is 5.32 Å². The lowest BCUT2D eigenvalue weighted by atomic mass is 10.1. The number of hydrogen-bond donors (Lipinski definition) is 2. The number of terminal acetylenes is 1. The molecule has 3 nitrogen and oxygen atoms in total. The Morgan fingerprint density at radius 1 is 1.57 bits per heavy atom. The molecule has 1 amide bonds. The molecule has 0 aliphatic heterocycles. The monoisotopic (exact) mass is 189 g/mol. The average Bonchev–Trinajstić information content (AvgIpc) is 2.19. The topological polar surface area (TPSA) is 49.3 Å². The van der Waals surface area contributed by atoms with Crippen molar-refractivity contribution in [2.75, 3.05) is 11.9 Å². The highest BCUT2D eigenvalue weighted by atomic mass is 16.2. The van der Waals surface area contributed by atoms with Gasteiger partial charge in [0.15, 0.2) is 0 Å². The molecule has 0 bridgehead atoms. The zero-order valence-electron chi connectivity index (χ0n) is 7.66. The van der Waals surface area contributed by atoms with E-state index in [2.05, 4.69) is 5.32 Å². The average molecular weight is 189 g/mol. The number of carbonyl (C=O) groups is 1. The minimum atomic E-state index is -0.467. The second-order valence-electron chi connectivity index (χ2n) is 2.77. The first kappa shape index (κ1) is 10.3. The van der Waals surface area contributed by atoms with E-state index in [0.717, 1.165) is 5.56 Å². The van der Waals surface area contributed by atoms with E-state index >= 15 is 0 Å². The Kier molecular flexibility index (Phi) is 3.71. The van der Waals surface area contributed by atoms with Gasteiger partial charge in [-0.3, -0.25) is 4.79 Å². The Labute approximate surface area is 82.8 Å². The van der Waals surface area contributed by atoms with Crippen molar-refractivity contribution >= 4 is 11.6 Å². The minimum Gasteiger partial charge on any atom is -0.396 e. The van der Waals surface area contributed by atoms with E-state index in [1.54, 1.807) is 18.2 Å². The smallest absolute Gasteiger partial charge is 0.300 e. The van der Waals surface area contributed by atoms with Crippen LogP contribution in [0.25, 0.3) is 0 Å². The number of nitrogens with one attached hydrogen (secondary N) is 1. The largest absolute Gasteiger partial charge is 0.396 e. The number of benzene rings is 1. The molecule has 0 spiro atoms. The zero-order chi connectivity index (χ0) is 10.4. The van der Waals surface area contributed by atoms with Crippen LogP contribution in [-0.2, 0) is 11.2 Å². The molecular formula is C11H11NO2. The first-order chi connectivity index (χ1) is 6.76. The molecule has 0 aliphatic rings. The molecule has 14 heavy (non-hydrogen) atoms. The van der Waals surface area contributed by atoms with Crippen molar-refractivity contribution < 1.29 is 9.90 Å². The van der Waals surface area contributed by atoms with E-state index < -0.39 is 5.91 Å². The van der Waals surface area contributed by atoms with Crippen LogP contribution in [0.2, 0.25) is 0 Å². The quantitative estimate of drug-likeness (QED) is 0.691. The van der Waals surface area contributed by atoms with Gasteiger partial charge in [-0.15, -0.1) is 6.42 Å². The van der Waals surface area contributed by atoms with Crippen molar-refractivity contribution in [3.8, 4) is 12.3 Å². The third-order valence-electron chi connectivity index (χ3n) is 1.72. The van der Waals surface area contributed by atoms with Crippen LogP contribution in [0.3, 0.4) is 0 Å². The number of rotatable bonds is 3. The molecule has 0 radical (unpaired) electrons. The molecule has 2 N–H and O–H groups in total. The molecule has 0 atom stereocenters. The van der Waals surface area contributed by atoms with Crippen LogP contribution >= 0.6 is 0 Å². The molecule has 0 heterocycles. The van der Waals surface area contributed by atoms with Crippen LogP contribution in [0.5, 0.6) is 0 Å². The molecule has 1 aromatic carbocycles. The van der Waals surface area contributed by atoms with Gasteiger partial charge in [-0.2, -0.15) is 0 Å². The molecule has 1 rings (SSSR count). The molecule has 1 aromatic rings. The second-order valence-corrected chi connectivity index (χ2v) is 2.77. The fourth-order valence-corrected chi connectivity index (χ4v) is 1.10. The number of anilines is 1. The van der Waals surface area contributed by atoms with E-state index in [1.165, 1.54) is 0 Å². The molecule has 3 heteroatoms. The number of aliphatic hydroxyl groups is 1. The van der Waals surface area contributed by atoms with Gasteiger partial charge in [0.2, 0.25) is 0 Å². The van der Waals surface area contributed by atoms with E-state index in [1.807, 2.05) is 12.0 Å².